The molecule has 0 aliphatic heterocycles. The molecule has 6 heteroatoms. The number of nitrogens with one attached hydrogen (secondary N) is 2. The average molecular weight is 340 g/mol. The molecular formula is C19H20N2O4. The molecule has 0 saturated carbocycles. The van der Waals surface area contributed by atoms with Crippen LogP contribution in [0, 0.1) is 0 Å². The molecule has 1 heterocycles. The van der Waals surface area contributed by atoms with Gasteiger partial charge in [0.05, 0.1) is 21.3 Å². The van der Waals surface area contributed by atoms with Crippen molar-refractivity contribution in [3.05, 3.63) is 53.7 Å². The van der Waals surface area contributed by atoms with Crippen molar-refractivity contribution >= 4 is 16.8 Å². The molecular weight excluding hydrogens is 320 g/mol. The highest BCUT2D eigenvalue weighted by Crippen LogP contribution is 2.38. The minimum absolute atomic E-state index is 0.176. The van der Waals surface area contributed by atoms with Gasteiger partial charge in [0.1, 0.15) is 5.69 Å². The van der Waals surface area contributed by atoms with Gasteiger partial charge in [-0.15, -0.1) is 0 Å². The highest BCUT2D eigenvalue weighted by Gasteiger charge is 2.14. The van der Waals surface area contributed by atoms with Crippen molar-refractivity contribution in [3.8, 4) is 17.2 Å². The molecule has 0 aliphatic carbocycles. The molecule has 0 saturated heterocycles. The molecule has 1 amide bonds. The van der Waals surface area contributed by atoms with Gasteiger partial charge >= 0.3 is 0 Å². The van der Waals surface area contributed by atoms with Crippen molar-refractivity contribution in [2.75, 3.05) is 21.3 Å². The Kier molecular flexibility index (Phi) is 4.79. The van der Waals surface area contributed by atoms with Crippen molar-refractivity contribution in [1.29, 1.82) is 0 Å². The zero-order valence-electron chi connectivity index (χ0n) is 14.4. The van der Waals surface area contributed by atoms with E-state index in [9.17, 15) is 4.79 Å². The van der Waals surface area contributed by atoms with E-state index in [1.807, 2.05) is 42.5 Å². The summed E-state index contributed by atoms with van der Waals surface area (Å²) in [6, 6.07) is 13.2. The van der Waals surface area contributed by atoms with Crippen molar-refractivity contribution in [3.63, 3.8) is 0 Å². The maximum Gasteiger partial charge on any atom is 0.267 e. The topological polar surface area (TPSA) is 72.6 Å². The van der Waals surface area contributed by atoms with Gasteiger partial charge in [-0.2, -0.15) is 0 Å². The standard InChI is InChI=1S/C19H20N2O4/c1-23-16-8-12(9-17(24-2)18(16)25-3)11-20-19(22)15-10-13-6-4-5-7-14(13)21-15/h4-10,21H,11H2,1-3H3,(H,20,22). The summed E-state index contributed by atoms with van der Waals surface area (Å²) >= 11 is 0. The monoisotopic (exact) mass is 340 g/mol. The van der Waals surface area contributed by atoms with Crippen LogP contribution in [0.2, 0.25) is 0 Å². The lowest BCUT2D eigenvalue weighted by molar-refractivity contribution is 0.0946. The summed E-state index contributed by atoms with van der Waals surface area (Å²) in [6.45, 7) is 0.338. The average Bonchev–Trinajstić information content (AvgIpc) is 3.09. The number of carbonyl (C=O) groups excluding carboxylic acids is 1. The third kappa shape index (κ3) is 3.38. The van der Waals surface area contributed by atoms with Gasteiger partial charge in [-0.3, -0.25) is 4.79 Å². The van der Waals surface area contributed by atoms with Gasteiger partial charge < -0.3 is 24.5 Å². The van der Waals surface area contributed by atoms with Crippen LogP contribution in [0.1, 0.15) is 16.1 Å². The molecule has 0 spiro atoms. The number of benzene rings is 2. The van der Waals surface area contributed by atoms with Crippen LogP contribution in [0.25, 0.3) is 10.9 Å². The zero-order chi connectivity index (χ0) is 17.8. The number of aromatic amines is 1. The van der Waals surface area contributed by atoms with E-state index in [1.165, 1.54) is 0 Å². The summed E-state index contributed by atoms with van der Waals surface area (Å²) in [5.41, 5.74) is 2.30. The van der Waals surface area contributed by atoms with Gasteiger partial charge in [0.25, 0.3) is 5.91 Å². The predicted octanol–water partition coefficient (Wildman–Crippen LogP) is 3.12. The fourth-order valence-corrected chi connectivity index (χ4v) is 2.71. The Balaban J connectivity index is 1.77. The molecule has 3 rings (SSSR count). The number of aromatic nitrogens is 1. The van der Waals surface area contributed by atoms with Gasteiger partial charge in [-0.25, -0.2) is 0 Å². The highest BCUT2D eigenvalue weighted by atomic mass is 16.5. The summed E-state index contributed by atoms with van der Waals surface area (Å²) in [5.74, 6) is 1.45. The third-order valence-corrected chi connectivity index (χ3v) is 3.95. The molecule has 0 fully saturated rings. The minimum atomic E-state index is -0.176. The number of rotatable bonds is 6. The summed E-state index contributed by atoms with van der Waals surface area (Å²) in [6.07, 6.45) is 0. The van der Waals surface area contributed by atoms with E-state index >= 15 is 0 Å². The molecule has 0 radical (unpaired) electrons. The first-order chi connectivity index (χ1) is 12.2. The fraction of sp³-hybridized carbons (Fsp3) is 0.211. The third-order valence-electron chi connectivity index (χ3n) is 3.95. The van der Waals surface area contributed by atoms with E-state index in [0.29, 0.717) is 29.5 Å². The van der Waals surface area contributed by atoms with E-state index in [-0.39, 0.29) is 5.91 Å². The SMILES string of the molecule is COc1cc(CNC(=O)c2cc3ccccc3[nH]2)cc(OC)c1OC. The van der Waals surface area contributed by atoms with E-state index in [4.69, 9.17) is 14.2 Å². The lowest BCUT2D eigenvalue weighted by atomic mass is 10.1. The van der Waals surface area contributed by atoms with Gasteiger partial charge in [-0.1, -0.05) is 18.2 Å². The van der Waals surface area contributed by atoms with Gasteiger partial charge in [0, 0.05) is 17.4 Å². The fourth-order valence-electron chi connectivity index (χ4n) is 2.71. The summed E-state index contributed by atoms with van der Waals surface area (Å²) in [4.78, 5) is 15.5. The first kappa shape index (κ1) is 16.7. The number of amides is 1. The van der Waals surface area contributed by atoms with Crippen molar-refractivity contribution in [2.24, 2.45) is 0 Å². The number of hydrogen-bond donors (Lipinski definition) is 2. The van der Waals surface area contributed by atoms with Gasteiger partial charge in [0.2, 0.25) is 5.75 Å². The van der Waals surface area contributed by atoms with Crippen molar-refractivity contribution in [2.45, 2.75) is 6.54 Å². The molecule has 25 heavy (non-hydrogen) atoms. The van der Waals surface area contributed by atoms with E-state index in [2.05, 4.69) is 10.3 Å². The van der Waals surface area contributed by atoms with Crippen LogP contribution in [0.5, 0.6) is 17.2 Å². The molecule has 2 N–H and O–H groups in total. The Bertz CT molecular complexity index is 843. The van der Waals surface area contributed by atoms with Crippen LogP contribution in [-0.4, -0.2) is 32.2 Å². The lowest BCUT2D eigenvalue weighted by Gasteiger charge is -2.14. The molecule has 0 aliphatic rings. The van der Waals surface area contributed by atoms with E-state index < -0.39 is 0 Å². The molecule has 2 aromatic carbocycles. The molecule has 6 nitrogen and oxygen atoms in total. The van der Waals surface area contributed by atoms with Crippen LogP contribution < -0.4 is 19.5 Å². The number of carbonyl (C=O) groups is 1. The van der Waals surface area contributed by atoms with Crippen molar-refractivity contribution in [1.82, 2.24) is 10.3 Å². The maximum atomic E-state index is 12.4. The van der Waals surface area contributed by atoms with Gasteiger partial charge in [0.15, 0.2) is 11.5 Å². The lowest BCUT2D eigenvalue weighted by Crippen LogP contribution is -2.23. The van der Waals surface area contributed by atoms with Gasteiger partial charge in [-0.05, 0) is 29.8 Å². The number of methoxy groups -OCH3 is 3. The van der Waals surface area contributed by atoms with E-state index in [1.54, 1.807) is 21.3 Å². The van der Waals surface area contributed by atoms with Crippen LogP contribution in [0.3, 0.4) is 0 Å². The molecule has 0 unspecified atom stereocenters. The second-order valence-electron chi connectivity index (χ2n) is 5.49. The molecule has 1 aromatic heterocycles. The normalized spacial score (nSPS) is 10.5. The molecule has 0 bridgehead atoms. The molecule has 130 valence electrons. The summed E-state index contributed by atoms with van der Waals surface area (Å²) in [7, 11) is 4.67. The second-order valence-corrected chi connectivity index (χ2v) is 5.49. The Labute approximate surface area is 145 Å². The molecule has 3 aromatic rings. The first-order valence-electron chi connectivity index (χ1n) is 7.81. The van der Waals surface area contributed by atoms with Crippen LogP contribution in [0.15, 0.2) is 42.5 Å². The maximum absolute atomic E-state index is 12.4. The van der Waals surface area contributed by atoms with E-state index in [0.717, 1.165) is 16.5 Å². The highest BCUT2D eigenvalue weighted by molar-refractivity contribution is 5.97. The largest absolute Gasteiger partial charge is 0.493 e. The Morgan fingerprint density at radius 2 is 1.68 bits per heavy atom. The molecule has 0 atom stereocenters. The van der Waals surface area contributed by atoms with Crippen LogP contribution in [0.4, 0.5) is 0 Å². The summed E-state index contributed by atoms with van der Waals surface area (Å²) < 4.78 is 16.0. The Morgan fingerprint density at radius 3 is 2.28 bits per heavy atom. The smallest absolute Gasteiger partial charge is 0.267 e. The quantitative estimate of drug-likeness (QED) is 0.723. The number of fused-ring (bicyclic) bond motifs is 1. The predicted molar refractivity (Wildman–Crippen MR) is 95.6 cm³/mol. The summed E-state index contributed by atoms with van der Waals surface area (Å²) in [5, 5.41) is 3.89. The zero-order valence-corrected chi connectivity index (χ0v) is 14.4. The number of para-hydroxylation sites is 1. The van der Waals surface area contributed by atoms with Crippen molar-refractivity contribution < 1.29 is 19.0 Å². The Hall–Kier alpha value is -3.15. The Morgan fingerprint density at radius 1 is 1.00 bits per heavy atom. The number of ether oxygens (including phenoxy) is 3. The minimum Gasteiger partial charge on any atom is -0.493 e. The first-order valence-corrected chi connectivity index (χ1v) is 7.81. The van der Waals surface area contributed by atoms with Crippen LogP contribution in [-0.2, 0) is 6.54 Å². The van der Waals surface area contributed by atoms with Crippen LogP contribution >= 0.6 is 0 Å². The second kappa shape index (κ2) is 7.17. The number of H-pyrrole nitrogens is 1. The number of hydrogen-bond acceptors (Lipinski definition) is 4.